The second-order valence-electron chi connectivity index (χ2n) is 5.38. The monoisotopic (exact) mass is 256 g/mol. The topological polar surface area (TPSA) is 41.1 Å². The fourth-order valence-electron chi connectivity index (χ4n) is 2.31. The Bertz CT molecular complexity index is 250. The quantitative estimate of drug-likeness (QED) is 0.759. The first kappa shape index (κ1) is 13.2. The van der Waals surface area contributed by atoms with Crippen molar-refractivity contribution in [3.8, 4) is 0 Å². The van der Waals surface area contributed by atoms with E-state index in [0.717, 1.165) is 25.6 Å². The highest BCUT2D eigenvalue weighted by molar-refractivity contribution is 8.00. The molecule has 0 bridgehead atoms. The van der Waals surface area contributed by atoms with Crippen LogP contribution in [0.15, 0.2) is 0 Å². The molecule has 1 saturated heterocycles. The highest BCUT2D eigenvalue weighted by atomic mass is 32.2. The molecule has 1 saturated carbocycles. The van der Waals surface area contributed by atoms with Crippen LogP contribution in [0.25, 0.3) is 0 Å². The average Bonchev–Trinajstić information content (AvgIpc) is 3.19. The van der Waals surface area contributed by atoms with E-state index in [0.29, 0.717) is 16.9 Å². The fraction of sp³-hybridized carbons (Fsp3) is 0.923. The molecular weight excluding hydrogens is 232 g/mol. The van der Waals surface area contributed by atoms with Crippen molar-refractivity contribution < 1.29 is 4.79 Å². The van der Waals surface area contributed by atoms with Crippen LogP contribution in [0.3, 0.4) is 0 Å². The third-order valence-corrected chi connectivity index (χ3v) is 5.16. The lowest BCUT2D eigenvalue weighted by atomic mass is 10.1. The van der Waals surface area contributed by atoms with E-state index in [2.05, 4.69) is 17.6 Å². The molecule has 98 valence electrons. The normalized spacial score (nSPS) is 23.4. The number of carbonyl (C=O) groups is 1. The molecule has 2 fully saturated rings. The first-order valence-electron chi connectivity index (χ1n) is 6.84. The van der Waals surface area contributed by atoms with Crippen molar-refractivity contribution in [3.63, 3.8) is 0 Å². The number of hydrogen-bond acceptors (Lipinski definition) is 3. The van der Waals surface area contributed by atoms with Gasteiger partial charge >= 0.3 is 0 Å². The molecule has 0 radical (unpaired) electrons. The molecule has 3 nitrogen and oxygen atoms in total. The molecule has 1 aliphatic carbocycles. The molecule has 2 N–H and O–H groups in total. The maximum absolute atomic E-state index is 11.7. The molecule has 1 aliphatic heterocycles. The van der Waals surface area contributed by atoms with E-state index in [-0.39, 0.29) is 5.91 Å². The molecule has 1 atom stereocenters. The van der Waals surface area contributed by atoms with Crippen LogP contribution < -0.4 is 10.6 Å². The number of nitrogens with one attached hydrogen (secondary N) is 2. The zero-order chi connectivity index (χ0) is 12.1. The number of piperidine rings is 1. The van der Waals surface area contributed by atoms with Gasteiger partial charge in [-0.15, -0.1) is 11.8 Å². The van der Waals surface area contributed by atoms with Crippen molar-refractivity contribution in [3.05, 3.63) is 0 Å². The van der Waals surface area contributed by atoms with Crippen molar-refractivity contribution >= 4 is 17.7 Å². The number of rotatable bonds is 6. The van der Waals surface area contributed by atoms with E-state index >= 15 is 0 Å². The van der Waals surface area contributed by atoms with E-state index in [4.69, 9.17) is 0 Å². The van der Waals surface area contributed by atoms with Gasteiger partial charge in [-0.2, -0.15) is 0 Å². The largest absolute Gasteiger partial charge is 0.355 e. The SMILES string of the molecule is CC(CNC(=O)CSC1CCNCC1)C1CC1. The molecule has 2 rings (SSSR count). The fourth-order valence-corrected chi connectivity index (χ4v) is 3.37. The summed E-state index contributed by atoms with van der Waals surface area (Å²) in [6.07, 6.45) is 5.13. The zero-order valence-corrected chi connectivity index (χ0v) is 11.5. The van der Waals surface area contributed by atoms with Gasteiger partial charge < -0.3 is 10.6 Å². The Hall–Kier alpha value is -0.220. The minimum Gasteiger partial charge on any atom is -0.355 e. The van der Waals surface area contributed by atoms with E-state index < -0.39 is 0 Å². The molecule has 0 aromatic rings. The van der Waals surface area contributed by atoms with Gasteiger partial charge in [0.2, 0.25) is 5.91 Å². The zero-order valence-electron chi connectivity index (χ0n) is 10.7. The first-order valence-corrected chi connectivity index (χ1v) is 7.89. The van der Waals surface area contributed by atoms with Crippen molar-refractivity contribution in [2.24, 2.45) is 11.8 Å². The van der Waals surface area contributed by atoms with Crippen LogP contribution in [-0.2, 0) is 4.79 Å². The highest BCUT2D eigenvalue weighted by Gasteiger charge is 2.27. The van der Waals surface area contributed by atoms with Gasteiger partial charge in [-0.1, -0.05) is 6.92 Å². The molecule has 1 unspecified atom stereocenters. The summed E-state index contributed by atoms with van der Waals surface area (Å²) in [5, 5.41) is 7.10. The molecular formula is C13H24N2OS. The van der Waals surface area contributed by atoms with Crippen LogP contribution in [0.4, 0.5) is 0 Å². The first-order chi connectivity index (χ1) is 8.25. The Labute approximate surface area is 108 Å². The molecule has 1 amide bonds. The van der Waals surface area contributed by atoms with Crippen LogP contribution in [0.5, 0.6) is 0 Å². The Kier molecular flexibility index (Phi) is 5.16. The van der Waals surface area contributed by atoms with Gasteiger partial charge in [0.25, 0.3) is 0 Å². The van der Waals surface area contributed by atoms with Crippen molar-refractivity contribution in [2.45, 2.75) is 37.9 Å². The second kappa shape index (κ2) is 6.64. The molecule has 0 aromatic carbocycles. The predicted octanol–water partition coefficient (Wildman–Crippen LogP) is 1.63. The number of thioether (sulfide) groups is 1. The lowest BCUT2D eigenvalue weighted by molar-refractivity contribution is -0.118. The van der Waals surface area contributed by atoms with Crippen molar-refractivity contribution in [1.82, 2.24) is 10.6 Å². The Morgan fingerprint density at radius 2 is 2.06 bits per heavy atom. The summed E-state index contributed by atoms with van der Waals surface area (Å²) in [6, 6.07) is 0. The summed E-state index contributed by atoms with van der Waals surface area (Å²) in [5.41, 5.74) is 0. The molecule has 0 aromatic heterocycles. The average molecular weight is 256 g/mol. The third kappa shape index (κ3) is 4.88. The van der Waals surface area contributed by atoms with Crippen molar-refractivity contribution in [2.75, 3.05) is 25.4 Å². The van der Waals surface area contributed by atoms with E-state index in [9.17, 15) is 4.79 Å². The summed E-state index contributed by atoms with van der Waals surface area (Å²) in [4.78, 5) is 11.7. The van der Waals surface area contributed by atoms with Gasteiger partial charge in [-0.25, -0.2) is 0 Å². The maximum Gasteiger partial charge on any atom is 0.230 e. The van der Waals surface area contributed by atoms with Gasteiger partial charge in [-0.05, 0) is 50.6 Å². The molecule has 2 aliphatic rings. The summed E-state index contributed by atoms with van der Waals surface area (Å²) in [5.74, 6) is 2.42. The summed E-state index contributed by atoms with van der Waals surface area (Å²) in [6.45, 7) is 5.34. The van der Waals surface area contributed by atoms with E-state index in [1.165, 1.54) is 25.7 Å². The third-order valence-electron chi connectivity index (χ3n) is 3.78. The van der Waals surface area contributed by atoms with Crippen LogP contribution in [0.2, 0.25) is 0 Å². The maximum atomic E-state index is 11.7. The Morgan fingerprint density at radius 3 is 2.71 bits per heavy atom. The van der Waals surface area contributed by atoms with Gasteiger partial charge in [0.1, 0.15) is 0 Å². The summed E-state index contributed by atoms with van der Waals surface area (Å²) >= 11 is 1.83. The lowest BCUT2D eigenvalue weighted by Gasteiger charge is -2.21. The van der Waals surface area contributed by atoms with E-state index in [1.807, 2.05) is 11.8 Å². The number of hydrogen-bond donors (Lipinski definition) is 2. The van der Waals surface area contributed by atoms with Crippen LogP contribution in [0.1, 0.15) is 32.6 Å². The van der Waals surface area contributed by atoms with Crippen LogP contribution in [0, 0.1) is 11.8 Å². The smallest absolute Gasteiger partial charge is 0.230 e. The second-order valence-corrected chi connectivity index (χ2v) is 6.67. The van der Waals surface area contributed by atoms with Crippen LogP contribution >= 0.6 is 11.8 Å². The Balaban J connectivity index is 1.53. The van der Waals surface area contributed by atoms with Crippen LogP contribution in [-0.4, -0.2) is 36.5 Å². The standard InChI is InChI=1S/C13H24N2OS/c1-10(11-2-3-11)8-15-13(16)9-17-12-4-6-14-7-5-12/h10-12,14H,2-9H2,1H3,(H,15,16). The molecule has 4 heteroatoms. The summed E-state index contributed by atoms with van der Waals surface area (Å²) in [7, 11) is 0. The molecule has 1 heterocycles. The van der Waals surface area contributed by atoms with Crippen molar-refractivity contribution in [1.29, 1.82) is 0 Å². The molecule has 0 spiro atoms. The molecule has 17 heavy (non-hydrogen) atoms. The Morgan fingerprint density at radius 1 is 1.35 bits per heavy atom. The van der Waals surface area contributed by atoms with E-state index in [1.54, 1.807) is 0 Å². The number of amides is 1. The number of carbonyl (C=O) groups excluding carboxylic acids is 1. The van der Waals surface area contributed by atoms with Gasteiger partial charge in [0.15, 0.2) is 0 Å². The van der Waals surface area contributed by atoms with Gasteiger partial charge in [0, 0.05) is 11.8 Å². The van der Waals surface area contributed by atoms with Gasteiger partial charge in [0.05, 0.1) is 5.75 Å². The van der Waals surface area contributed by atoms with Gasteiger partial charge in [-0.3, -0.25) is 4.79 Å². The summed E-state index contributed by atoms with van der Waals surface area (Å²) < 4.78 is 0. The minimum atomic E-state index is 0.223. The highest BCUT2D eigenvalue weighted by Crippen LogP contribution is 2.36. The predicted molar refractivity (Wildman–Crippen MR) is 73.2 cm³/mol. The lowest BCUT2D eigenvalue weighted by Crippen LogP contribution is -2.33. The minimum absolute atomic E-state index is 0.223.